The summed E-state index contributed by atoms with van der Waals surface area (Å²) in [7, 11) is 0. The van der Waals surface area contributed by atoms with Gasteiger partial charge in [-0.05, 0) is 25.0 Å². The Morgan fingerprint density at radius 3 is 2.38 bits per heavy atom. The van der Waals surface area contributed by atoms with E-state index in [0.29, 0.717) is 23.8 Å². The zero-order chi connectivity index (χ0) is 20.2. The van der Waals surface area contributed by atoms with Gasteiger partial charge in [0.2, 0.25) is 5.95 Å². The summed E-state index contributed by atoms with van der Waals surface area (Å²) in [4.78, 5) is 13.0. The number of hydrogen-bond donors (Lipinski definition) is 2. The van der Waals surface area contributed by atoms with Crippen molar-refractivity contribution in [3.63, 3.8) is 0 Å². The lowest BCUT2D eigenvalue weighted by molar-refractivity contribution is 0.461. The summed E-state index contributed by atoms with van der Waals surface area (Å²) in [5.41, 5.74) is 0.826. The Balaban J connectivity index is 1.69. The molecule has 0 amide bonds. The van der Waals surface area contributed by atoms with E-state index in [1.54, 1.807) is 24.5 Å². The van der Waals surface area contributed by atoms with E-state index < -0.39 is 23.1 Å². The molecule has 2 aromatic heterocycles. The molecular formula is C21H20F3N5. The molecule has 4 rings (SSSR count). The molecule has 1 aromatic carbocycles. The van der Waals surface area contributed by atoms with Gasteiger partial charge in [-0.3, -0.25) is 4.98 Å². The molecule has 1 aliphatic rings. The number of rotatable bonds is 5. The Labute approximate surface area is 166 Å². The molecule has 0 atom stereocenters. The molecule has 0 unspecified atom stereocenters. The molecule has 2 heterocycles. The first kappa shape index (κ1) is 19.2. The van der Waals surface area contributed by atoms with Crippen molar-refractivity contribution in [2.75, 3.05) is 10.6 Å². The highest BCUT2D eigenvalue weighted by Gasteiger charge is 2.17. The molecule has 0 radical (unpaired) electrons. The molecule has 0 spiro atoms. The zero-order valence-electron chi connectivity index (χ0n) is 15.6. The molecule has 5 nitrogen and oxygen atoms in total. The molecule has 0 saturated heterocycles. The zero-order valence-corrected chi connectivity index (χ0v) is 15.6. The molecule has 0 bridgehead atoms. The molecule has 0 aliphatic heterocycles. The summed E-state index contributed by atoms with van der Waals surface area (Å²) in [6.45, 7) is 0. The Kier molecular flexibility index (Phi) is 5.59. The van der Waals surface area contributed by atoms with Gasteiger partial charge in [0.1, 0.15) is 17.3 Å². The average molecular weight is 399 g/mol. The topological polar surface area (TPSA) is 62.7 Å². The second-order valence-corrected chi connectivity index (χ2v) is 7.05. The van der Waals surface area contributed by atoms with E-state index in [4.69, 9.17) is 0 Å². The fourth-order valence-corrected chi connectivity index (χ4v) is 3.46. The minimum atomic E-state index is -1.04. The van der Waals surface area contributed by atoms with Crippen molar-refractivity contribution in [1.82, 2.24) is 15.0 Å². The maximum Gasteiger partial charge on any atom is 0.225 e. The molecule has 1 fully saturated rings. The third kappa shape index (κ3) is 4.64. The fraction of sp³-hybridized carbons (Fsp3) is 0.286. The Morgan fingerprint density at radius 1 is 0.931 bits per heavy atom. The molecule has 8 heteroatoms. The van der Waals surface area contributed by atoms with Gasteiger partial charge in [0, 0.05) is 42.2 Å². The summed E-state index contributed by atoms with van der Waals surface area (Å²) in [5.74, 6) is -2.49. The third-order valence-corrected chi connectivity index (χ3v) is 4.88. The number of aromatic nitrogens is 3. The molecule has 3 aromatic rings. The quantitative estimate of drug-likeness (QED) is 0.598. The maximum absolute atomic E-state index is 14.1. The average Bonchev–Trinajstić information content (AvgIpc) is 2.72. The molecular weight excluding hydrogens is 379 g/mol. The standard InChI is InChI=1S/C21H20F3N5/c22-14-9-16(23)20(17(24)10-14)28-19-11-18(13-5-4-8-25-12-13)27-21(29-19)26-15-6-2-1-3-7-15/h4-5,8-12,15H,1-3,6-7H2,(H2,26,27,28,29). The second-order valence-electron chi connectivity index (χ2n) is 7.05. The van der Waals surface area contributed by atoms with Crippen molar-refractivity contribution in [3.05, 3.63) is 60.2 Å². The predicted molar refractivity (Wildman–Crippen MR) is 105 cm³/mol. The lowest BCUT2D eigenvalue weighted by atomic mass is 9.96. The number of hydrogen-bond acceptors (Lipinski definition) is 5. The van der Waals surface area contributed by atoms with Gasteiger partial charge < -0.3 is 10.6 Å². The van der Waals surface area contributed by atoms with Crippen LogP contribution < -0.4 is 10.6 Å². The SMILES string of the molecule is Fc1cc(F)c(Nc2cc(-c3cccnc3)nc(NC3CCCCC3)n2)c(F)c1. The van der Waals surface area contributed by atoms with Crippen LogP contribution in [-0.4, -0.2) is 21.0 Å². The second kappa shape index (κ2) is 8.46. The van der Waals surface area contributed by atoms with Crippen LogP contribution in [0.4, 0.5) is 30.6 Å². The van der Waals surface area contributed by atoms with Crippen molar-refractivity contribution < 1.29 is 13.2 Å². The first-order valence-electron chi connectivity index (χ1n) is 9.56. The highest BCUT2D eigenvalue weighted by Crippen LogP contribution is 2.28. The van der Waals surface area contributed by atoms with Gasteiger partial charge in [0.15, 0.2) is 11.6 Å². The highest BCUT2D eigenvalue weighted by atomic mass is 19.1. The van der Waals surface area contributed by atoms with Gasteiger partial charge >= 0.3 is 0 Å². The molecule has 1 saturated carbocycles. The number of benzene rings is 1. The smallest absolute Gasteiger partial charge is 0.225 e. The molecule has 29 heavy (non-hydrogen) atoms. The van der Waals surface area contributed by atoms with E-state index in [0.717, 1.165) is 31.2 Å². The van der Waals surface area contributed by atoms with E-state index in [-0.39, 0.29) is 11.9 Å². The van der Waals surface area contributed by atoms with Crippen LogP contribution >= 0.6 is 0 Å². The van der Waals surface area contributed by atoms with Crippen LogP contribution in [0.1, 0.15) is 32.1 Å². The summed E-state index contributed by atoms with van der Waals surface area (Å²) >= 11 is 0. The maximum atomic E-state index is 14.1. The lowest BCUT2D eigenvalue weighted by Crippen LogP contribution is -2.23. The van der Waals surface area contributed by atoms with Crippen LogP contribution in [-0.2, 0) is 0 Å². The van der Waals surface area contributed by atoms with Gasteiger partial charge in [-0.25, -0.2) is 18.2 Å². The molecule has 150 valence electrons. The number of pyridine rings is 1. The number of nitrogens with one attached hydrogen (secondary N) is 2. The third-order valence-electron chi connectivity index (χ3n) is 4.88. The van der Waals surface area contributed by atoms with Gasteiger partial charge in [0.25, 0.3) is 0 Å². The van der Waals surface area contributed by atoms with Crippen LogP contribution in [0.25, 0.3) is 11.3 Å². The first-order valence-corrected chi connectivity index (χ1v) is 9.56. The normalized spacial score (nSPS) is 14.6. The van der Waals surface area contributed by atoms with E-state index in [2.05, 4.69) is 25.6 Å². The number of anilines is 3. The van der Waals surface area contributed by atoms with E-state index in [1.165, 1.54) is 6.42 Å². The number of halogens is 3. The Morgan fingerprint density at radius 2 is 1.69 bits per heavy atom. The van der Waals surface area contributed by atoms with Crippen molar-refractivity contribution in [2.24, 2.45) is 0 Å². The minimum Gasteiger partial charge on any atom is -0.351 e. The van der Waals surface area contributed by atoms with E-state index in [1.807, 2.05) is 6.07 Å². The highest BCUT2D eigenvalue weighted by molar-refractivity contribution is 5.67. The minimum absolute atomic E-state index is 0.196. The van der Waals surface area contributed by atoms with Gasteiger partial charge in [0.05, 0.1) is 5.69 Å². The predicted octanol–water partition coefficient (Wildman–Crippen LogP) is 5.44. The Bertz CT molecular complexity index is 968. The monoisotopic (exact) mass is 399 g/mol. The van der Waals surface area contributed by atoms with Crippen LogP contribution in [0.3, 0.4) is 0 Å². The van der Waals surface area contributed by atoms with Crippen LogP contribution in [0.5, 0.6) is 0 Å². The molecule has 1 aliphatic carbocycles. The fourth-order valence-electron chi connectivity index (χ4n) is 3.46. The van der Waals surface area contributed by atoms with Gasteiger partial charge in [-0.15, -0.1) is 0 Å². The largest absolute Gasteiger partial charge is 0.351 e. The van der Waals surface area contributed by atoms with E-state index in [9.17, 15) is 13.2 Å². The van der Waals surface area contributed by atoms with E-state index >= 15 is 0 Å². The van der Waals surface area contributed by atoms with Crippen LogP contribution in [0.15, 0.2) is 42.7 Å². The lowest BCUT2D eigenvalue weighted by Gasteiger charge is -2.23. The summed E-state index contributed by atoms with van der Waals surface area (Å²) in [6, 6.07) is 6.68. The summed E-state index contributed by atoms with van der Waals surface area (Å²) < 4.78 is 41.4. The Hall–Kier alpha value is -3.16. The van der Waals surface area contributed by atoms with Crippen molar-refractivity contribution in [1.29, 1.82) is 0 Å². The van der Waals surface area contributed by atoms with Crippen molar-refractivity contribution >= 4 is 17.5 Å². The number of nitrogens with zero attached hydrogens (tertiary/aromatic N) is 3. The van der Waals surface area contributed by atoms with Gasteiger partial charge in [-0.1, -0.05) is 19.3 Å². The van der Waals surface area contributed by atoms with Crippen LogP contribution in [0, 0.1) is 17.5 Å². The summed E-state index contributed by atoms with van der Waals surface area (Å²) in [5, 5.41) is 5.95. The first-order chi connectivity index (χ1) is 14.1. The molecule has 2 N–H and O–H groups in total. The summed E-state index contributed by atoms with van der Waals surface area (Å²) in [6.07, 6.45) is 8.82. The van der Waals surface area contributed by atoms with Crippen molar-refractivity contribution in [3.8, 4) is 11.3 Å². The van der Waals surface area contributed by atoms with Gasteiger partial charge in [-0.2, -0.15) is 4.98 Å². The van der Waals surface area contributed by atoms with Crippen LogP contribution in [0.2, 0.25) is 0 Å². The van der Waals surface area contributed by atoms with Crippen molar-refractivity contribution in [2.45, 2.75) is 38.1 Å².